The Balaban J connectivity index is 1.79. The highest BCUT2D eigenvalue weighted by Crippen LogP contribution is 2.12. The lowest BCUT2D eigenvalue weighted by atomic mass is 10.2. The van der Waals surface area contributed by atoms with E-state index in [9.17, 15) is 9.90 Å². The third kappa shape index (κ3) is 3.08. The van der Waals surface area contributed by atoms with Gasteiger partial charge in [0.05, 0.1) is 25.0 Å². The highest BCUT2D eigenvalue weighted by atomic mass is 16.3. The van der Waals surface area contributed by atoms with E-state index in [1.807, 2.05) is 17.9 Å². The van der Waals surface area contributed by atoms with Gasteiger partial charge in [-0.05, 0) is 25.5 Å². The van der Waals surface area contributed by atoms with Gasteiger partial charge in [-0.1, -0.05) is 0 Å². The van der Waals surface area contributed by atoms with Gasteiger partial charge in [0, 0.05) is 13.1 Å². The molecule has 2 N–H and O–H groups in total. The molecule has 1 amide bonds. The number of rotatable bonds is 4. The summed E-state index contributed by atoms with van der Waals surface area (Å²) in [6.07, 6.45) is 2.03. The van der Waals surface area contributed by atoms with E-state index < -0.39 is 0 Å². The summed E-state index contributed by atoms with van der Waals surface area (Å²) in [7, 11) is 0. The van der Waals surface area contributed by atoms with Gasteiger partial charge >= 0.3 is 0 Å². The Hall–Kier alpha value is -1.33. The van der Waals surface area contributed by atoms with E-state index in [0.29, 0.717) is 13.1 Å². The minimum atomic E-state index is -0.296. The van der Waals surface area contributed by atoms with Crippen LogP contribution in [0.4, 0.5) is 0 Å². The van der Waals surface area contributed by atoms with Gasteiger partial charge in [-0.2, -0.15) is 0 Å². The molecule has 2 rings (SSSR count). The molecule has 2 atom stereocenters. The van der Waals surface area contributed by atoms with Gasteiger partial charge in [-0.3, -0.25) is 9.69 Å². The lowest BCUT2D eigenvalue weighted by molar-refractivity contribution is -0.125. The van der Waals surface area contributed by atoms with E-state index in [0.717, 1.165) is 18.7 Å². The lowest BCUT2D eigenvalue weighted by Gasteiger charge is -2.22. The number of amides is 1. The summed E-state index contributed by atoms with van der Waals surface area (Å²) in [5.41, 5.74) is 0. The summed E-state index contributed by atoms with van der Waals surface area (Å²) in [6, 6.07) is 3.41. The van der Waals surface area contributed by atoms with Crippen molar-refractivity contribution >= 4 is 5.91 Å². The van der Waals surface area contributed by atoms with Crippen molar-refractivity contribution in [2.24, 2.45) is 0 Å². The molecule has 0 saturated carbocycles. The van der Waals surface area contributed by atoms with Gasteiger partial charge in [0.15, 0.2) is 0 Å². The zero-order valence-corrected chi connectivity index (χ0v) is 9.93. The van der Waals surface area contributed by atoms with Crippen LogP contribution in [0.5, 0.6) is 0 Å². The number of carbonyl (C=O) groups excluding carboxylic acids is 1. The molecule has 5 heteroatoms. The maximum Gasteiger partial charge on any atom is 0.237 e. The second-order valence-corrected chi connectivity index (χ2v) is 4.41. The summed E-state index contributed by atoms with van der Waals surface area (Å²) >= 11 is 0. The SMILES string of the molecule is CC(C(=O)NCc1ccco1)N1CC[C@@H](O)C1. The number of aliphatic hydroxyl groups excluding tert-OH is 1. The first-order valence-corrected chi connectivity index (χ1v) is 5.89. The van der Waals surface area contributed by atoms with Crippen molar-refractivity contribution in [2.75, 3.05) is 13.1 Å². The highest BCUT2D eigenvalue weighted by molar-refractivity contribution is 5.81. The van der Waals surface area contributed by atoms with Crippen LogP contribution in [-0.4, -0.2) is 41.1 Å². The van der Waals surface area contributed by atoms with Crippen molar-refractivity contribution in [3.8, 4) is 0 Å². The Kier molecular flexibility index (Phi) is 3.81. The molecule has 1 fully saturated rings. The fourth-order valence-electron chi connectivity index (χ4n) is 2.02. The number of carbonyl (C=O) groups is 1. The van der Waals surface area contributed by atoms with Crippen LogP contribution in [-0.2, 0) is 11.3 Å². The molecule has 2 heterocycles. The van der Waals surface area contributed by atoms with E-state index >= 15 is 0 Å². The second kappa shape index (κ2) is 5.33. The van der Waals surface area contributed by atoms with Crippen molar-refractivity contribution in [3.63, 3.8) is 0 Å². The molecule has 0 radical (unpaired) electrons. The van der Waals surface area contributed by atoms with Crippen molar-refractivity contribution in [1.82, 2.24) is 10.2 Å². The Labute approximate surface area is 100 Å². The fraction of sp³-hybridized carbons (Fsp3) is 0.583. The normalized spacial score (nSPS) is 22.6. The number of aliphatic hydroxyl groups is 1. The number of hydrogen-bond donors (Lipinski definition) is 2. The smallest absolute Gasteiger partial charge is 0.237 e. The molecule has 1 saturated heterocycles. The van der Waals surface area contributed by atoms with Gasteiger partial charge in [0.2, 0.25) is 5.91 Å². The Morgan fingerprint density at radius 2 is 2.59 bits per heavy atom. The summed E-state index contributed by atoms with van der Waals surface area (Å²) < 4.78 is 5.14. The first-order valence-electron chi connectivity index (χ1n) is 5.89. The maximum absolute atomic E-state index is 11.9. The van der Waals surface area contributed by atoms with Crippen LogP contribution in [0.2, 0.25) is 0 Å². The first kappa shape index (κ1) is 12.1. The van der Waals surface area contributed by atoms with E-state index in [4.69, 9.17) is 4.42 Å². The number of nitrogens with one attached hydrogen (secondary N) is 1. The Morgan fingerprint density at radius 1 is 1.76 bits per heavy atom. The van der Waals surface area contributed by atoms with Gasteiger partial charge < -0.3 is 14.8 Å². The molecule has 1 aliphatic rings. The van der Waals surface area contributed by atoms with E-state index in [1.54, 1.807) is 12.3 Å². The summed E-state index contributed by atoms with van der Waals surface area (Å²) in [5, 5.41) is 12.2. The third-order valence-electron chi connectivity index (χ3n) is 3.14. The fourth-order valence-corrected chi connectivity index (χ4v) is 2.02. The van der Waals surface area contributed by atoms with Crippen LogP contribution < -0.4 is 5.32 Å². The van der Waals surface area contributed by atoms with Crippen LogP contribution in [0, 0.1) is 0 Å². The first-order chi connectivity index (χ1) is 8.16. The largest absolute Gasteiger partial charge is 0.467 e. The number of nitrogens with zero attached hydrogens (tertiary/aromatic N) is 1. The van der Waals surface area contributed by atoms with Gasteiger partial charge in [0.25, 0.3) is 0 Å². The van der Waals surface area contributed by atoms with Crippen LogP contribution in [0.1, 0.15) is 19.1 Å². The number of furan rings is 1. The van der Waals surface area contributed by atoms with Crippen molar-refractivity contribution in [3.05, 3.63) is 24.2 Å². The molecule has 1 unspecified atom stereocenters. The molecule has 94 valence electrons. The summed E-state index contributed by atoms with van der Waals surface area (Å²) in [5.74, 6) is 0.711. The minimum Gasteiger partial charge on any atom is -0.467 e. The molecule has 0 aromatic carbocycles. The maximum atomic E-state index is 11.9. The zero-order valence-electron chi connectivity index (χ0n) is 9.93. The quantitative estimate of drug-likeness (QED) is 0.794. The van der Waals surface area contributed by atoms with Gasteiger partial charge in [0.1, 0.15) is 5.76 Å². The zero-order chi connectivity index (χ0) is 12.3. The standard InChI is InChI=1S/C12H18N2O3/c1-9(14-5-4-10(15)8-14)12(16)13-7-11-3-2-6-17-11/h2-3,6,9-10,15H,4-5,7-8H2,1H3,(H,13,16)/t9?,10-/m1/s1. The van der Waals surface area contributed by atoms with Gasteiger partial charge in [-0.25, -0.2) is 0 Å². The monoisotopic (exact) mass is 238 g/mol. The number of likely N-dealkylation sites (tertiary alicyclic amines) is 1. The predicted octanol–water partition coefficient (Wildman–Crippen LogP) is 0.351. The molecular formula is C12H18N2O3. The lowest BCUT2D eigenvalue weighted by Crippen LogP contribution is -2.44. The highest BCUT2D eigenvalue weighted by Gasteiger charge is 2.28. The third-order valence-corrected chi connectivity index (χ3v) is 3.14. The Bertz CT molecular complexity index is 364. The molecule has 0 spiro atoms. The number of hydrogen-bond acceptors (Lipinski definition) is 4. The molecule has 1 aromatic rings. The molecular weight excluding hydrogens is 220 g/mol. The minimum absolute atomic E-state index is 0.0319. The summed E-state index contributed by atoms with van der Waals surface area (Å²) in [6.45, 7) is 3.62. The van der Waals surface area contributed by atoms with Crippen molar-refractivity contribution in [1.29, 1.82) is 0 Å². The van der Waals surface area contributed by atoms with Gasteiger partial charge in [-0.15, -0.1) is 0 Å². The van der Waals surface area contributed by atoms with Crippen LogP contribution >= 0.6 is 0 Å². The molecule has 17 heavy (non-hydrogen) atoms. The average molecular weight is 238 g/mol. The number of β-amino-alcohol motifs (C(OH)–C–C–N with tert-alkyl or cyclic N) is 1. The van der Waals surface area contributed by atoms with Crippen LogP contribution in [0.25, 0.3) is 0 Å². The van der Waals surface area contributed by atoms with E-state index in [-0.39, 0.29) is 18.1 Å². The topological polar surface area (TPSA) is 65.7 Å². The van der Waals surface area contributed by atoms with E-state index in [2.05, 4.69) is 5.32 Å². The average Bonchev–Trinajstić information content (AvgIpc) is 2.95. The predicted molar refractivity (Wildman–Crippen MR) is 62.2 cm³/mol. The second-order valence-electron chi connectivity index (χ2n) is 4.41. The molecule has 0 bridgehead atoms. The van der Waals surface area contributed by atoms with Crippen molar-refractivity contribution < 1.29 is 14.3 Å². The molecule has 5 nitrogen and oxygen atoms in total. The Morgan fingerprint density at radius 3 is 3.18 bits per heavy atom. The van der Waals surface area contributed by atoms with Crippen LogP contribution in [0.15, 0.2) is 22.8 Å². The van der Waals surface area contributed by atoms with Crippen LogP contribution in [0.3, 0.4) is 0 Å². The molecule has 1 aliphatic heterocycles. The molecule has 1 aromatic heterocycles. The molecule has 0 aliphatic carbocycles. The van der Waals surface area contributed by atoms with E-state index in [1.165, 1.54) is 0 Å². The van der Waals surface area contributed by atoms with Crippen molar-refractivity contribution in [2.45, 2.75) is 32.0 Å². The summed E-state index contributed by atoms with van der Waals surface area (Å²) in [4.78, 5) is 13.8.